The molecule has 0 unspecified atom stereocenters. The second-order valence-electron chi connectivity index (χ2n) is 8.06. The zero-order chi connectivity index (χ0) is 19.3. The standard InChI is InChI=1S/C22H33N3O2/c1-3-23-20(26)10-13-24-14-11-22(12-15-24)16-19(18-8-6-5-7-9-18)21(27)25(4-2)17-22/h5-9,19H,3-4,10-17H2,1-2H3,(H,23,26)/t19-/m1/s1. The lowest BCUT2D eigenvalue weighted by Crippen LogP contribution is -2.54. The minimum absolute atomic E-state index is 0.0122. The molecule has 0 aliphatic carbocycles. The highest BCUT2D eigenvalue weighted by Crippen LogP contribution is 2.45. The minimum atomic E-state index is -0.0122. The fourth-order valence-electron chi connectivity index (χ4n) is 4.66. The molecule has 2 aliphatic rings. The molecule has 27 heavy (non-hydrogen) atoms. The highest BCUT2D eigenvalue weighted by atomic mass is 16.2. The van der Waals surface area contributed by atoms with Gasteiger partial charge in [0.2, 0.25) is 11.8 Å². The maximum Gasteiger partial charge on any atom is 0.230 e. The van der Waals surface area contributed by atoms with Crippen LogP contribution in [0.2, 0.25) is 0 Å². The monoisotopic (exact) mass is 371 g/mol. The number of likely N-dealkylation sites (tertiary alicyclic amines) is 2. The first kappa shape index (κ1) is 19.9. The highest BCUT2D eigenvalue weighted by molar-refractivity contribution is 5.84. The van der Waals surface area contributed by atoms with Gasteiger partial charge in [0.25, 0.3) is 0 Å². The number of rotatable bonds is 6. The van der Waals surface area contributed by atoms with Gasteiger partial charge in [0, 0.05) is 32.6 Å². The van der Waals surface area contributed by atoms with E-state index in [0.717, 1.165) is 57.5 Å². The van der Waals surface area contributed by atoms with Crippen molar-refractivity contribution in [2.24, 2.45) is 5.41 Å². The number of nitrogens with zero attached hydrogens (tertiary/aromatic N) is 2. The summed E-state index contributed by atoms with van der Waals surface area (Å²) in [4.78, 5) is 29.1. The molecule has 2 heterocycles. The smallest absolute Gasteiger partial charge is 0.230 e. The van der Waals surface area contributed by atoms with E-state index in [1.54, 1.807) is 0 Å². The maximum absolute atomic E-state index is 13.0. The van der Waals surface area contributed by atoms with Crippen LogP contribution >= 0.6 is 0 Å². The largest absolute Gasteiger partial charge is 0.356 e. The molecular weight excluding hydrogens is 338 g/mol. The van der Waals surface area contributed by atoms with Crippen molar-refractivity contribution in [3.63, 3.8) is 0 Å². The summed E-state index contributed by atoms with van der Waals surface area (Å²) < 4.78 is 0. The molecule has 2 fully saturated rings. The summed E-state index contributed by atoms with van der Waals surface area (Å²) in [5.74, 6) is 0.414. The molecule has 2 aliphatic heterocycles. The molecule has 0 saturated carbocycles. The molecule has 0 radical (unpaired) electrons. The van der Waals surface area contributed by atoms with Crippen LogP contribution in [-0.2, 0) is 9.59 Å². The van der Waals surface area contributed by atoms with Gasteiger partial charge in [-0.25, -0.2) is 0 Å². The molecule has 5 nitrogen and oxygen atoms in total. The molecule has 1 aromatic rings. The van der Waals surface area contributed by atoms with E-state index >= 15 is 0 Å². The van der Waals surface area contributed by atoms with Crippen molar-refractivity contribution in [3.05, 3.63) is 35.9 Å². The van der Waals surface area contributed by atoms with Gasteiger partial charge in [0.15, 0.2) is 0 Å². The Labute approximate surface area is 163 Å². The van der Waals surface area contributed by atoms with Gasteiger partial charge in [-0.15, -0.1) is 0 Å². The summed E-state index contributed by atoms with van der Waals surface area (Å²) in [6.45, 7) is 9.28. The van der Waals surface area contributed by atoms with E-state index in [4.69, 9.17) is 0 Å². The Morgan fingerprint density at radius 2 is 1.89 bits per heavy atom. The van der Waals surface area contributed by atoms with E-state index in [0.29, 0.717) is 13.0 Å². The number of nitrogens with one attached hydrogen (secondary N) is 1. The van der Waals surface area contributed by atoms with Crippen molar-refractivity contribution >= 4 is 11.8 Å². The van der Waals surface area contributed by atoms with Crippen LogP contribution in [0.5, 0.6) is 0 Å². The number of carbonyl (C=O) groups is 2. The number of likely N-dealkylation sites (N-methyl/N-ethyl adjacent to an activating group) is 1. The Kier molecular flexibility index (Phi) is 6.53. The molecule has 0 bridgehead atoms. The predicted octanol–water partition coefficient (Wildman–Crippen LogP) is 2.63. The molecule has 1 aromatic carbocycles. The van der Waals surface area contributed by atoms with Gasteiger partial charge in [0.1, 0.15) is 0 Å². The number of hydrogen-bond acceptors (Lipinski definition) is 3. The van der Waals surface area contributed by atoms with E-state index in [-0.39, 0.29) is 23.1 Å². The third-order valence-electron chi connectivity index (χ3n) is 6.30. The lowest BCUT2D eigenvalue weighted by atomic mass is 9.67. The van der Waals surface area contributed by atoms with Crippen molar-refractivity contribution in [1.82, 2.24) is 15.1 Å². The average molecular weight is 372 g/mol. The van der Waals surface area contributed by atoms with Crippen molar-refractivity contribution in [1.29, 1.82) is 0 Å². The molecule has 1 atom stereocenters. The SMILES string of the molecule is CCNC(=O)CCN1CCC2(CC1)C[C@H](c1ccccc1)C(=O)N(CC)C2. The lowest BCUT2D eigenvalue weighted by molar-refractivity contribution is -0.141. The highest BCUT2D eigenvalue weighted by Gasteiger charge is 2.45. The molecule has 3 rings (SSSR count). The van der Waals surface area contributed by atoms with Gasteiger partial charge < -0.3 is 15.1 Å². The zero-order valence-electron chi connectivity index (χ0n) is 16.7. The maximum atomic E-state index is 13.0. The van der Waals surface area contributed by atoms with Crippen LogP contribution in [0.4, 0.5) is 0 Å². The number of amides is 2. The van der Waals surface area contributed by atoms with Gasteiger partial charge in [-0.05, 0) is 57.2 Å². The van der Waals surface area contributed by atoms with Gasteiger partial charge >= 0.3 is 0 Å². The Morgan fingerprint density at radius 1 is 1.19 bits per heavy atom. The first-order valence-electron chi connectivity index (χ1n) is 10.4. The first-order valence-corrected chi connectivity index (χ1v) is 10.4. The van der Waals surface area contributed by atoms with Gasteiger partial charge in [-0.2, -0.15) is 0 Å². The fraction of sp³-hybridized carbons (Fsp3) is 0.636. The molecular formula is C22H33N3O2. The number of carbonyl (C=O) groups excluding carboxylic acids is 2. The van der Waals surface area contributed by atoms with E-state index in [1.807, 2.05) is 25.1 Å². The summed E-state index contributed by atoms with van der Waals surface area (Å²) in [7, 11) is 0. The summed E-state index contributed by atoms with van der Waals surface area (Å²) in [6, 6.07) is 10.3. The fourth-order valence-corrected chi connectivity index (χ4v) is 4.66. The van der Waals surface area contributed by atoms with E-state index in [9.17, 15) is 9.59 Å². The molecule has 148 valence electrons. The Morgan fingerprint density at radius 3 is 2.52 bits per heavy atom. The van der Waals surface area contributed by atoms with Crippen LogP contribution in [0.25, 0.3) is 0 Å². The van der Waals surface area contributed by atoms with Gasteiger partial charge in [0.05, 0.1) is 5.92 Å². The van der Waals surface area contributed by atoms with E-state index in [2.05, 4.69) is 34.2 Å². The summed E-state index contributed by atoms with van der Waals surface area (Å²) >= 11 is 0. The van der Waals surface area contributed by atoms with Crippen molar-refractivity contribution in [2.75, 3.05) is 39.3 Å². The zero-order valence-corrected chi connectivity index (χ0v) is 16.7. The van der Waals surface area contributed by atoms with Crippen LogP contribution in [-0.4, -0.2) is 60.9 Å². The summed E-state index contributed by atoms with van der Waals surface area (Å²) in [5, 5.41) is 2.87. The summed E-state index contributed by atoms with van der Waals surface area (Å²) in [6.07, 6.45) is 3.74. The molecule has 2 saturated heterocycles. The minimum Gasteiger partial charge on any atom is -0.356 e. The first-order chi connectivity index (χ1) is 13.1. The van der Waals surface area contributed by atoms with Crippen LogP contribution < -0.4 is 5.32 Å². The van der Waals surface area contributed by atoms with E-state index in [1.165, 1.54) is 0 Å². The molecule has 2 amide bonds. The second kappa shape index (κ2) is 8.87. The van der Waals surface area contributed by atoms with Crippen molar-refractivity contribution < 1.29 is 9.59 Å². The Hall–Kier alpha value is -1.88. The van der Waals surface area contributed by atoms with Gasteiger partial charge in [-0.1, -0.05) is 30.3 Å². The summed E-state index contributed by atoms with van der Waals surface area (Å²) in [5.41, 5.74) is 1.37. The number of hydrogen-bond donors (Lipinski definition) is 1. The third kappa shape index (κ3) is 4.70. The van der Waals surface area contributed by atoms with Crippen molar-refractivity contribution in [2.45, 2.75) is 45.4 Å². The van der Waals surface area contributed by atoms with Crippen LogP contribution in [0.3, 0.4) is 0 Å². The normalized spacial score (nSPS) is 22.8. The van der Waals surface area contributed by atoms with Crippen molar-refractivity contribution in [3.8, 4) is 0 Å². The molecule has 0 aromatic heterocycles. The third-order valence-corrected chi connectivity index (χ3v) is 6.30. The molecule has 1 spiro atoms. The van der Waals surface area contributed by atoms with Crippen LogP contribution in [0, 0.1) is 5.41 Å². The Bertz CT molecular complexity index is 638. The van der Waals surface area contributed by atoms with E-state index < -0.39 is 0 Å². The molecule has 5 heteroatoms. The predicted molar refractivity (Wildman–Crippen MR) is 107 cm³/mol. The average Bonchev–Trinajstić information content (AvgIpc) is 2.70. The van der Waals surface area contributed by atoms with Crippen LogP contribution in [0.15, 0.2) is 30.3 Å². The quantitative estimate of drug-likeness (QED) is 0.836. The Balaban J connectivity index is 1.64. The lowest BCUT2D eigenvalue weighted by Gasteiger charge is -2.49. The van der Waals surface area contributed by atoms with Crippen LogP contribution in [0.1, 0.15) is 51.0 Å². The second-order valence-corrected chi connectivity index (χ2v) is 8.06. The number of benzene rings is 1. The topological polar surface area (TPSA) is 52.7 Å². The van der Waals surface area contributed by atoms with Gasteiger partial charge in [-0.3, -0.25) is 9.59 Å². The number of piperidine rings is 2. The molecule has 1 N–H and O–H groups in total.